The van der Waals surface area contributed by atoms with E-state index in [4.69, 9.17) is 11.6 Å². The molecule has 8 nitrogen and oxygen atoms in total. The van der Waals surface area contributed by atoms with Crippen LogP contribution in [0.4, 0.5) is 0 Å². The smallest absolute Gasteiger partial charge is 0.250 e. The first-order valence-electron chi connectivity index (χ1n) is 10.7. The van der Waals surface area contributed by atoms with Crippen LogP contribution in [0.25, 0.3) is 10.1 Å². The lowest BCUT2D eigenvalue weighted by atomic mass is 10.0. The second kappa shape index (κ2) is 9.64. The number of hydrogen-bond donors (Lipinski definition) is 2. The van der Waals surface area contributed by atoms with Crippen LogP contribution in [-0.2, 0) is 19.6 Å². The molecule has 4 rings (SSSR count). The summed E-state index contributed by atoms with van der Waals surface area (Å²) in [7, 11) is -3.90. The van der Waals surface area contributed by atoms with Crippen molar-refractivity contribution in [2.75, 3.05) is 26.2 Å². The quantitative estimate of drug-likeness (QED) is 0.633. The first-order valence-corrected chi connectivity index (χ1v) is 13.4. The summed E-state index contributed by atoms with van der Waals surface area (Å²) < 4.78 is 29.3. The van der Waals surface area contributed by atoms with Crippen LogP contribution in [0.3, 0.4) is 0 Å². The van der Waals surface area contributed by atoms with E-state index in [9.17, 15) is 23.1 Å². The Balaban J connectivity index is 1.44. The molecule has 2 amide bonds. The minimum absolute atomic E-state index is 0.0948. The number of piperidine rings is 2. The number of carbonyl (C=O) groups excluding carboxylic acids is 2. The predicted molar refractivity (Wildman–Crippen MR) is 123 cm³/mol. The van der Waals surface area contributed by atoms with Gasteiger partial charge in [-0.25, -0.2) is 8.42 Å². The summed E-state index contributed by atoms with van der Waals surface area (Å²) in [6, 6.07) is 5.59. The topological polar surface area (TPSA) is 107 Å². The molecule has 0 bridgehead atoms. The van der Waals surface area contributed by atoms with Crippen LogP contribution in [-0.4, -0.2) is 73.5 Å². The third kappa shape index (κ3) is 4.94. The average molecular weight is 500 g/mol. The Bertz CT molecular complexity index is 1120. The van der Waals surface area contributed by atoms with Gasteiger partial charge < -0.3 is 14.9 Å². The molecule has 2 fully saturated rings. The van der Waals surface area contributed by atoms with E-state index < -0.39 is 22.0 Å². The van der Waals surface area contributed by atoms with E-state index in [2.05, 4.69) is 4.72 Å². The number of aliphatic hydroxyl groups is 1. The van der Waals surface area contributed by atoms with Crippen LogP contribution >= 0.6 is 22.9 Å². The normalized spacial score (nSPS) is 22.5. The van der Waals surface area contributed by atoms with Gasteiger partial charge in [0, 0.05) is 22.8 Å². The number of likely N-dealkylation sites (tertiary alicyclic amines) is 2. The van der Waals surface area contributed by atoms with Gasteiger partial charge in [0.1, 0.15) is 10.3 Å². The van der Waals surface area contributed by atoms with Gasteiger partial charge in [-0.05, 0) is 61.8 Å². The molecule has 2 aliphatic heterocycles. The molecule has 2 N–H and O–H groups in total. The Morgan fingerprint density at radius 2 is 2.00 bits per heavy atom. The molecule has 32 heavy (non-hydrogen) atoms. The Morgan fingerprint density at radius 3 is 2.78 bits per heavy atom. The number of amides is 2. The van der Waals surface area contributed by atoms with Gasteiger partial charge in [0.15, 0.2) is 0 Å². The summed E-state index contributed by atoms with van der Waals surface area (Å²) >= 11 is 7.11. The number of halogens is 1. The number of thiophene rings is 1. The highest BCUT2D eigenvalue weighted by Gasteiger charge is 2.35. The number of carbonyl (C=O) groups is 2. The molecule has 2 saturated heterocycles. The fourth-order valence-electron chi connectivity index (χ4n) is 4.35. The van der Waals surface area contributed by atoms with Crippen molar-refractivity contribution in [3.63, 3.8) is 0 Å². The fraction of sp³-hybridized carbons (Fsp3) is 0.524. The zero-order valence-corrected chi connectivity index (χ0v) is 19.9. The third-order valence-corrected chi connectivity index (χ3v) is 9.33. The minimum Gasteiger partial charge on any atom is -0.394 e. The fourth-order valence-corrected chi connectivity index (χ4v) is 7.15. The molecule has 0 saturated carbocycles. The Labute approximate surface area is 196 Å². The summed E-state index contributed by atoms with van der Waals surface area (Å²) in [6.45, 7) is 0.775. The van der Waals surface area contributed by atoms with E-state index in [0.717, 1.165) is 40.7 Å². The summed E-state index contributed by atoms with van der Waals surface area (Å²) in [5.74, 6) is -0.600. The first-order chi connectivity index (χ1) is 15.3. The van der Waals surface area contributed by atoms with Gasteiger partial charge in [-0.15, -0.1) is 11.3 Å². The van der Waals surface area contributed by atoms with Gasteiger partial charge in [-0.1, -0.05) is 11.6 Å². The van der Waals surface area contributed by atoms with Crippen molar-refractivity contribution in [1.82, 2.24) is 14.5 Å². The number of hydrogen-bond acceptors (Lipinski definition) is 6. The molecule has 2 unspecified atom stereocenters. The van der Waals surface area contributed by atoms with Crippen LogP contribution in [0.1, 0.15) is 32.1 Å². The zero-order valence-electron chi connectivity index (χ0n) is 17.5. The van der Waals surface area contributed by atoms with Crippen molar-refractivity contribution < 1.29 is 23.1 Å². The third-order valence-electron chi connectivity index (χ3n) is 6.03. The lowest BCUT2D eigenvalue weighted by molar-refractivity contribution is -0.145. The van der Waals surface area contributed by atoms with Gasteiger partial charge in [0.2, 0.25) is 11.8 Å². The number of sulfonamides is 1. The lowest BCUT2D eigenvalue weighted by Gasteiger charge is -2.37. The Morgan fingerprint density at radius 1 is 1.19 bits per heavy atom. The number of nitrogens with one attached hydrogen (secondary N) is 1. The molecule has 1 aromatic carbocycles. The molecule has 0 radical (unpaired) electrons. The lowest BCUT2D eigenvalue weighted by Crippen LogP contribution is -2.56. The molecule has 0 spiro atoms. The van der Waals surface area contributed by atoms with Crippen LogP contribution in [0.2, 0.25) is 5.02 Å². The average Bonchev–Trinajstić information content (AvgIpc) is 3.20. The number of rotatable bonds is 6. The van der Waals surface area contributed by atoms with Crippen molar-refractivity contribution in [3.8, 4) is 0 Å². The molecule has 2 atom stereocenters. The molecule has 11 heteroatoms. The summed E-state index contributed by atoms with van der Waals surface area (Å²) in [5.41, 5.74) is 0. The number of nitrogens with zero attached hydrogens (tertiary/aromatic N) is 2. The molecular formula is C21H26ClN3O5S2. The van der Waals surface area contributed by atoms with Crippen molar-refractivity contribution in [1.29, 1.82) is 0 Å². The van der Waals surface area contributed by atoms with E-state index in [1.54, 1.807) is 29.2 Å². The van der Waals surface area contributed by atoms with Crippen molar-refractivity contribution in [2.45, 2.75) is 48.4 Å². The highest BCUT2D eigenvalue weighted by atomic mass is 35.5. The van der Waals surface area contributed by atoms with E-state index >= 15 is 0 Å². The Hall–Kier alpha value is -1.72. The molecule has 2 aliphatic rings. The zero-order chi connectivity index (χ0) is 22.9. The minimum atomic E-state index is -3.90. The van der Waals surface area contributed by atoms with E-state index in [1.807, 2.05) is 0 Å². The van der Waals surface area contributed by atoms with Gasteiger partial charge >= 0.3 is 0 Å². The summed E-state index contributed by atoms with van der Waals surface area (Å²) in [4.78, 5) is 28.8. The SMILES string of the molecule is O=C1C(NS(=O)(=O)c2cc3cc(Cl)ccc3s2)CCCN1CC(=O)N1CCCCC1CO. The largest absolute Gasteiger partial charge is 0.394 e. The standard InChI is InChI=1S/C21H26ClN3O5S2/c22-15-6-7-18-14(10-15)11-20(31-18)32(29,30)23-17-5-3-8-24(21(17)28)12-19(27)25-9-2-1-4-16(25)13-26/h6-7,10-11,16-17,23,26H,1-5,8-9,12-13H2. The van der Waals surface area contributed by atoms with Gasteiger partial charge in [-0.2, -0.15) is 4.72 Å². The van der Waals surface area contributed by atoms with Crippen molar-refractivity contribution in [2.24, 2.45) is 0 Å². The van der Waals surface area contributed by atoms with Crippen LogP contribution in [0.5, 0.6) is 0 Å². The van der Waals surface area contributed by atoms with Crippen molar-refractivity contribution in [3.05, 3.63) is 29.3 Å². The van der Waals surface area contributed by atoms with Crippen LogP contribution in [0.15, 0.2) is 28.5 Å². The number of aliphatic hydroxyl groups excluding tert-OH is 1. The van der Waals surface area contributed by atoms with E-state index in [1.165, 1.54) is 4.90 Å². The highest BCUT2D eigenvalue weighted by Crippen LogP contribution is 2.31. The van der Waals surface area contributed by atoms with Crippen molar-refractivity contribution >= 4 is 54.9 Å². The predicted octanol–water partition coefficient (Wildman–Crippen LogP) is 2.20. The molecule has 174 valence electrons. The summed E-state index contributed by atoms with van der Waals surface area (Å²) in [6.07, 6.45) is 3.56. The number of fused-ring (bicyclic) bond motifs is 1. The maximum atomic E-state index is 13.0. The summed E-state index contributed by atoms with van der Waals surface area (Å²) in [5, 5.41) is 10.8. The van der Waals surface area contributed by atoms with Gasteiger partial charge in [0.25, 0.3) is 10.0 Å². The van der Waals surface area contributed by atoms with E-state index in [0.29, 0.717) is 31.0 Å². The molecule has 0 aliphatic carbocycles. The maximum absolute atomic E-state index is 13.0. The highest BCUT2D eigenvalue weighted by molar-refractivity contribution is 7.91. The molecular weight excluding hydrogens is 474 g/mol. The second-order valence-corrected chi connectivity index (χ2v) is 11.7. The van der Waals surface area contributed by atoms with Gasteiger partial charge in [0.05, 0.1) is 19.2 Å². The van der Waals surface area contributed by atoms with Crippen LogP contribution in [0, 0.1) is 0 Å². The molecule has 1 aromatic heterocycles. The molecule has 3 heterocycles. The van der Waals surface area contributed by atoms with Gasteiger partial charge in [-0.3, -0.25) is 9.59 Å². The monoisotopic (exact) mass is 499 g/mol. The first kappa shape index (κ1) is 23.4. The van der Waals surface area contributed by atoms with E-state index in [-0.39, 0.29) is 29.3 Å². The molecule has 2 aromatic rings. The van der Waals surface area contributed by atoms with Crippen LogP contribution < -0.4 is 4.72 Å². The second-order valence-electron chi connectivity index (χ2n) is 8.24. The number of benzene rings is 1. The maximum Gasteiger partial charge on any atom is 0.250 e. The Kier molecular flexibility index (Phi) is 7.06.